The molecule has 0 radical (unpaired) electrons. The van der Waals surface area contributed by atoms with Crippen LogP contribution in [-0.2, 0) is 5.66 Å². The Balaban J connectivity index is 1.60. The Bertz CT molecular complexity index is 1460. The van der Waals surface area contributed by atoms with E-state index < -0.39 is 11.5 Å². The second kappa shape index (κ2) is 8.03. The Morgan fingerprint density at radius 2 is 1.60 bits per heavy atom. The van der Waals surface area contributed by atoms with E-state index in [1.807, 2.05) is 42.5 Å². The molecule has 2 aliphatic heterocycles. The van der Waals surface area contributed by atoms with Crippen LogP contribution >= 0.6 is 11.6 Å². The molecule has 2 amide bonds. The molecule has 5 nitrogen and oxygen atoms in total. The number of hydrogen-bond donors (Lipinski definition) is 0. The van der Waals surface area contributed by atoms with Crippen LogP contribution in [0.1, 0.15) is 31.8 Å². The van der Waals surface area contributed by atoms with Crippen LogP contribution in [0.4, 0.5) is 4.39 Å². The Labute approximate surface area is 206 Å². The highest BCUT2D eigenvalue weighted by atomic mass is 35.5. The van der Waals surface area contributed by atoms with E-state index in [1.165, 1.54) is 24.3 Å². The van der Waals surface area contributed by atoms with Gasteiger partial charge in [0.15, 0.2) is 5.66 Å². The quantitative estimate of drug-likeness (QED) is 0.394. The molecule has 2 aliphatic rings. The molecule has 35 heavy (non-hydrogen) atoms. The van der Waals surface area contributed by atoms with Crippen LogP contribution in [0, 0.1) is 5.82 Å². The third-order valence-electron chi connectivity index (χ3n) is 6.80. The summed E-state index contributed by atoms with van der Waals surface area (Å²) in [5.41, 5.74) is 3.11. The van der Waals surface area contributed by atoms with Crippen LogP contribution in [0.15, 0.2) is 91.3 Å². The first kappa shape index (κ1) is 21.5. The number of amides is 2. The summed E-state index contributed by atoms with van der Waals surface area (Å²) in [6.07, 6.45) is 3.43. The van der Waals surface area contributed by atoms with Crippen molar-refractivity contribution in [3.8, 4) is 11.1 Å². The number of carbonyl (C=O) groups excluding carboxylic acids is 2. The third kappa shape index (κ3) is 3.17. The minimum Gasteiger partial charge on any atom is -0.306 e. The van der Waals surface area contributed by atoms with Crippen molar-refractivity contribution in [1.29, 1.82) is 0 Å². The molecule has 1 aromatic heterocycles. The second-order valence-electron chi connectivity index (χ2n) is 8.60. The largest absolute Gasteiger partial charge is 0.306 e. The molecule has 7 heteroatoms. The summed E-state index contributed by atoms with van der Waals surface area (Å²) >= 11 is 6.20. The van der Waals surface area contributed by atoms with Gasteiger partial charge in [0.05, 0.1) is 0 Å². The minimum absolute atomic E-state index is 0.134. The number of hydrogen-bond acceptors (Lipinski definition) is 3. The maximum absolute atomic E-state index is 13.8. The summed E-state index contributed by atoms with van der Waals surface area (Å²) in [6.45, 7) is 0.706. The maximum atomic E-state index is 13.8. The van der Waals surface area contributed by atoms with Crippen molar-refractivity contribution in [2.45, 2.75) is 5.66 Å². The van der Waals surface area contributed by atoms with Crippen LogP contribution in [0.5, 0.6) is 0 Å². The zero-order valence-electron chi connectivity index (χ0n) is 18.5. The lowest BCUT2D eigenvalue weighted by atomic mass is 9.87. The molecular formula is C28H19ClFN3O2. The Kier molecular flexibility index (Phi) is 4.93. The minimum atomic E-state index is -1.15. The molecule has 3 heterocycles. The van der Waals surface area contributed by atoms with Crippen molar-refractivity contribution in [2.75, 3.05) is 13.1 Å². The number of pyridine rings is 1. The fourth-order valence-electron chi connectivity index (χ4n) is 5.24. The average molecular weight is 484 g/mol. The van der Waals surface area contributed by atoms with Gasteiger partial charge in [-0.3, -0.25) is 14.6 Å². The number of benzene rings is 3. The number of aromatic nitrogens is 1. The van der Waals surface area contributed by atoms with Gasteiger partial charge in [0.1, 0.15) is 5.82 Å². The van der Waals surface area contributed by atoms with Gasteiger partial charge in [-0.2, -0.15) is 0 Å². The topological polar surface area (TPSA) is 53.5 Å². The van der Waals surface area contributed by atoms with Gasteiger partial charge in [0.2, 0.25) is 0 Å². The van der Waals surface area contributed by atoms with Crippen LogP contribution in [-0.4, -0.2) is 39.7 Å². The van der Waals surface area contributed by atoms with Crippen molar-refractivity contribution in [3.05, 3.63) is 124 Å². The molecule has 4 aromatic rings. The molecular weight excluding hydrogens is 465 g/mol. The maximum Gasteiger partial charge on any atom is 0.256 e. The summed E-state index contributed by atoms with van der Waals surface area (Å²) in [4.78, 5) is 35.0. The number of rotatable bonds is 3. The van der Waals surface area contributed by atoms with Gasteiger partial charge < -0.3 is 9.80 Å². The molecule has 6 rings (SSSR count). The van der Waals surface area contributed by atoms with Crippen molar-refractivity contribution in [1.82, 2.24) is 14.8 Å². The summed E-state index contributed by atoms with van der Waals surface area (Å²) in [7, 11) is 0. The first-order chi connectivity index (χ1) is 17.0. The highest BCUT2D eigenvalue weighted by Gasteiger charge is 2.59. The molecule has 0 spiro atoms. The summed E-state index contributed by atoms with van der Waals surface area (Å²) in [5.74, 6) is -0.830. The standard InChI is InChI=1S/C28H19ClFN3O2/c29-22-6-4-21(5-7-22)28-25-17-20(18-11-13-31-14-12-18)3-10-24(25)27(35)33(28)16-15-32(28)26(34)19-1-8-23(30)9-2-19/h1-14,17H,15-16H2. The number of halogens is 2. The third-order valence-corrected chi connectivity index (χ3v) is 7.05. The molecule has 172 valence electrons. The van der Waals surface area contributed by atoms with E-state index in [9.17, 15) is 14.0 Å². The fourth-order valence-corrected chi connectivity index (χ4v) is 5.37. The van der Waals surface area contributed by atoms with Gasteiger partial charge in [0.25, 0.3) is 11.8 Å². The number of nitrogens with zero attached hydrogens (tertiary/aromatic N) is 3. The smallest absolute Gasteiger partial charge is 0.256 e. The van der Waals surface area contributed by atoms with E-state index in [4.69, 9.17) is 11.6 Å². The van der Waals surface area contributed by atoms with Gasteiger partial charge in [-0.1, -0.05) is 29.8 Å². The van der Waals surface area contributed by atoms with Gasteiger partial charge in [-0.05, 0) is 71.8 Å². The zero-order valence-corrected chi connectivity index (χ0v) is 19.2. The lowest BCUT2D eigenvalue weighted by Gasteiger charge is -2.40. The van der Waals surface area contributed by atoms with E-state index >= 15 is 0 Å². The van der Waals surface area contributed by atoms with Crippen molar-refractivity contribution in [2.24, 2.45) is 0 Å². The van der Waals surface area contributed by atoms with Crippen LogP contribution < -0.4 is 0 Å². The Hall–Kier alpha value is -4.03. The Morgan fingerprint density at radius 3 is 2.31 bits per heavy atom. The number of carbonyl (C=O) groups is 2. The molecule has 1 fully saturated rings. The van der Waals surface area contributed by atoms with Gasteiger partial charge in [0, 0.05) is 52.8 Å². The predicted octanol–water partition coefficient (Wildman–Crippen LogP) is 5.35. The highest BCUT2D eigenvalue weighted by Crippen LogP contribution is 2.51. The second-order valence-corrected chi connectivity index (χ2v) is 9.03. The van der Waals surface area contributed by atoms with Crippen molar-refractivity contribution in [3.63, 3.8) is 0 Å². The SMILES string of the molecule is O=C(c1ccc(F)cc1)N1CCN2C(=O)c3ccc(-c4ccncc4)cc3C12c1ccc(Cl)cc1. The van der Waals surface area contributed by atoms with E-state index in [0.717, 1.165) is 22.3 Å². The van der Waals surface area contributed by atoms with E-state index in [-0.39, 0.29) is 11.8 Å². The lowest BCUT2D eigenvalue weighted by molar-refractivity contribution is 0.0375. The van der Waals surface area contributed by atoms with Crippen LogP contribution in [0.2, 0.25) is 5.02 Å². The first-order valence-corrected chi connectivity index (χ1v) is 11.6. The van der Waals surface area contributed by atoms with E-state index in [0.29, 0.717) is 29.2 Å². The lowest BCUT2D eigenvalue weighted by Crippen LogP contribution is -2.51. The predicted molar refractivity (Wildman–Crippen MR) is 130 cm³/mol. The fraction of sp³-hybridized carbons (Fsp3) is 0.107. The van der Waals surface area contributed by atoms with Crippen LogP contribution in [0.3, 0.4) is 0 Å². The molecule has 1 atom stereocenters. The number of fused-ring (bicyclic) bond motifs is 3. The molecule has 1 saturated heterocycles. The zero-order chi connectivity index (χ0) is 24.2. The highest BCUT2D eigenvalue weighted by molar-refractivity contribution is 6.30. The summed E-state index contributed by atoms with van der Waals surface area (Å²) in [6, 6.07) is 22.2. The molecule has 0 bridgehead atoms. The molecule has 0 saturated carbocycles. The van der Waals surface area contributed by atoms with E-state index in [2.05, 4.69) is 4.98 Å². The first-order valence-electron chi connectivity index (χ1n) is 11.2. The molecule has 3 aromatic carbocycles. The van der Waals surface area contributed by atoms with Crippen molar-refractivity contribution < 1.29 is 14.0 Å². The normalized spacial score (nSPS) is 18.5. The monoisotopic (exact) mass is 483 g/mol. The van der Waals surface area contributed by atoms with Crippen molar-refractivity contribution >= 4 is 23.4 Å². The summed E-state index contributed by atoms with van der Waals surface area (Å²) < 4.78 is 13.6. The average Bonchev–Trinajstić information content (AvgIpc) is 3.40. The molecule has 1 unspecified atom stereocenters. The van der Waals surface area contributed by atoms with Crippen LogP contribution in [0.25, 0.3) is 11.1 Å². The Morgan fingerprint density at radius 1 is 0.886 bits per heavy atom. The van der Waals surface area contributed by atoms with Gasteiger partial charge in [-0.25, -0.2) is 4.39 Å². The van der Waals surface area contributed by atoms with E-state index in [1.54, 1.807) is 34.3 Å². The van der Waals surface area contributed by atoms with Gasteiger partial charge >= 0.3 is 0 Å². The molecule has 0 N–H and O–H groups in total. The van der Waals surface area contributed by atoms with Gasteiger partial charge in [-0.15, -0.1) is 0 Å². The summed E-state index contributed by atoms with van der Waals surface area (Å²) in [5, 5.41) is 0.557. The molecule has 0 aliphatic carbocycles.